The van der Waals surface area contributed by atoms with Crippen LogP contribution in [0.3, 0.4) is 0 Å². The summed E-state index contributed by atoms with van der Waals surface area (Å²) in [6.07, 6.45) is 1.43. The number of nitrogens with one attached hydrogen (secondary N) is 1. The number of phenols is 1. The SMILES string of the molecule is CCCc1[nH]n(C)c(=O)c1N=Nc1cc([N+](=O)[O-])ccc1O. The van der Waals surface area contributed by atoms with Crippen molar-refractivity contribution in [3.63, 3.8) is 0 Å². The molecule has 0 aliphatic carbocycles. The third-order valence-corrected chi connectivity index (χ3v) is 3.02. The molecule has 22 heavy (non-hydrogen) atoms. The molecule has 0 amide bonds. The molecule has 9 nitrogen and oxygen atoms in total. The van der Waals surface area contributed by atoms with E-state index in [1.54, 1.807) is 7.05 Å². The molecule has 1 aromatic heterocycles. The van der Waals surface area contributed by atoms with Crippen LogP contribution in [0, 0.1) is 10.1 Å². The Bertz CT molecular complexity index is 790. The van der Waals surface area contributed by atoms with Crippen molar-refractivity contribution in [3.8, 4) is 5.75 Å². The summed E-state index contributed by atoms with van der Waals surface area (Å²) in [5, 5.41) is 30.9. The summed E-state index contributed by atoms with van der Waals surface area (Å²) < 4.78 is 1.28. The van der Waals surface area contributed by atoms with Crippen LogP contribution in [-0.2, 0) is 13.5 Å². The molecule has 0 unspecified atom stereocenters. The number of azo groups is 1. The Morgan fingerprint density at radius 1 is 1.41 bits per heavy atom. The van der Waals surface area contributed by atoms with E-state index in [4.69, 9.17) is 0 Å². The number of aromatic hydroxyl groups is 1. The highest BCUT2D eigenvalue weighted by Gasteiger charge is 2.13. The Morgan fingerprint density at radius 3 is 2.77 bits per heavy atom. The van der Waals surface area contributed by atoms with Gasteiger partial charge in [0.15, 0.2) is 5.69 Å². The molecule has 1 heterocycles. The predicted octanol–water partition coefficient (Wildman–Crippen LogP) is 2.70. The zero-order chi connectivity index (χ0) is 16.3. The van der Waals surface area contributed by atoms with Crippen LogP contribution in [0.4, 0.5) is 17.1 Å². The quantitative estimate of drug-likeness (QED) is 0.500. The number of aromatic nitrogens is 2. The summed E-state index contributed by atoms with van der Waals surface area (Å²) in [4.78, 5) is 22.1. The van der Waals surface area contributed by atoms with Crippen LogP contribution in [0.15, 0.2) is 33.2 Å². The van der Waals surface area contributed by atoms with E-state index < -0.39 is 4.92 Å². The first-order chi connectivity index (χ1) is 10.4. The summed E-state index contributed by atoms with van der Waals surface area (Å²) in [5.41, 5.74) is 0.124. The predicted molar refractivity (Wildman–Crippen MR) is 79.0 cm³/mol. The average Bonchev–Trinajstić information content (AvgIpc) is 2.73. The molecular weight excluding hydrogens is 290 g/mol. The van der Waals surface area contributed by atoms with E-state index in [1.165, 1.54) is 4.68 Å². The standard InChI is InChI=1S/C13H15N5O4/c1-3-4-9-12(13(20)17(2)16-9)15-14-10-7-8(18(21)22)5-6-11(10)19/h5-7,16,19H,3-4H2,1-2H3. The highest BCUT2D eigenvalue weighted by Crippen LogP contribution is 2.31. The molecule has 0 saturated carbocycles. The maximum atomic E-state index is 12.0. The van der Waals surface area contributed by atoms with Crippen molar-refractivity contribution in [1.29, 1.82) is 0 Å². The topological polar surface area (TPSA) is 126 Å². The first kappa shape index (κ1) is 15.4. The number of nitrogens with zero attached hydrogens (tertiary/aromatic N) is 4. The molecule has 0 radical (unpaired) electrons. The average molecular weight is 305 g/mol. The van der Waals surface area contributed by atoms with Crippen LogP contribution < -0.4 is 5.56 Å². The number of aryl methyl sites for hydroxylation is 2. The number of nitro groups is 1. The van der Waals surface area contributed by atoms with Gasteiger partial charge in [0, 0.05) is 19.2 Å². The molecule has 0 aliphatic heterocycles. The smallest absolute Gasteiger partial charge is 0.294 e. The molecule has 0 atom stereocenters. The van der Waals surface area contributed by atoms with Gasteiger partial charge in [-0.05, 0) is 12.5 Å². The summed E-state index contributed by atoms with van der Waals surface area (Å²) >= 11 is 0. The third-order valence-electron chi connectivity index (χ3n) is 3.02. The van der Waals surface area contributed by atoms with Crippen molar-refractivity contribution in [2.24, 2.45) is 17.3 Å². The first-order valence-corrected chi connectivity index (χ1v) is 6.61. The van der Waals surface area contributed by atoms with Crippen molar-refractivity contribution in [3.05, 3.63) is 44.4 Å². The van der Waals surface area contributed by atoms with Gasteiger partial charge in [0.1, 0.15) is 11.4 Å². The molecule has 116 valence electrons. The number of rotatable bonds is 5. The van der Waals surface area contributed by atoms with Crippen LogP contribution in [0.1, 0.15) is 19.0 Å². The Morgan fingerprint density at radius 2 is 2.14 bits per heavy atom. The lowest BCUT2D eigenvalue weighted by Gasteiger charge is -1.98. The van der Waals surface area contributed by atoms with E-state index in [-0.39, 0.29) is 28.4 Å². The van der Waals surface area contributed by atoms with Gasteiger partial charge in [0.05, 0.1) is 10.6 Å². The van der Waals surface area contributed by atoms with Gasteiger partial charge in [-0.15, -0.1) is 10.2 Å². The van der Waals surface area contributed by atoms with Gasteiger partial charge in [-0.3, -0.25) is 24.7 Å². The molecular formula is C13H15N5O4. The van der Waals surface area contributed by atoms with E-state index in [1.807, 2.05) is 6.92 Å². The number of H-pyrrole nitrogens is 1. The monoisotopic (exact) mass is 305 g/mol. The second kappa shape index (κ2) is 6.20. The summed E-state index contributed by atoms with van der Waals surface area (Å²) in [6, 6.07) is 3.41. The fourth-order valence-electron chi connectivity index (χ4n) is 1.93. The molecule has 0 saturated heterocycles. The summed E-state index contributed by atoms with van der Waals surface area (Å²) in [7, 11) is 1.56. The summed E-state index contributed by atoms with van der Waals surface area (Å²) in [6.45, 7) is 1.96. The lowest BCUT2D eigenvalue weighted by Crippen LogP contribution is -2.10. The number of nitro benzene ring substituents is 1. The Kier molecular flexibility index (Phi) is 4.35. The van der Waals surface area contributed by atoms with Crippen LogP contribution in [0.2, 0.25) is 0 Å². The van der Waals surface area contributed by atoms with Gasteiger partial charge < -0.3 is 5.11 Å². The minimum absolute atomic E-state index is 0.0695. The number of phenolic OH excluding ortho intramolecular Hbond substituents is 1. The maximum absolute atomic E-state index is 12.0. The second-order valence-electron chi connectivity index (χ2n) is 4.68. The van der Waals surface area contributed by atoms with Gasteiger partial charge in [0.2, 0.25) is 0 Å². The lowest BCUT2D eigenvalue weighted by atomic mass is 10.2. The first-order valence-electron chi connectivity index (χ1n) is 6.61. The molecule has 0 fully saturated rings. The van der Waals surface area contributed by atoms with Crippen molar-refractivity contribution >= 4 is 17.1 Å². The molecule has 0 bridgehead atoms. The zero-order valence-electron chi connectivity index (χ0n) is 12.1. The van der Waals surface area contributed by atoms with E-state index in [0.717, 1.165) is 24.6 Å². The fourth-order valence-corrected chi connectivity index (χ4v) is 1.93. The van der Waals surface area contributed by atoms with Gasteiger partial charge >= 0.3 is 0 Å². The Balaban J connectivity index is 2.43. The van der Waals surface area contributed by atoms with E-state index in [9.17, 15) is 20.0 Å². The van der Waals surface area contributed by atoms with Crippen LogP contribution in [0.25, 0.3) is 0 Å². The van der Waals surface area contributed by atoms with E-state index in [0.29, 0.717) is 12.1 Å². The Labute approximate surface area is 125 Å². The zero-order valence-corrected chi connectivity index (χ0v) is 12.1. The highest BCUT2D eigenvalue weighted by molar-refractivity contribution is 5.57. The van der Waals surface area contributed by atoms with Crippen LogP contribution in [-0.4, -0.2) is 19.8 Å². The molecule has 9 heteroatoms. The van der Waals surface area contributed by atoms with Crippen molar-refractivity contribution < 1.29 is 10.0 Å². The van der Waals surface area contributed by atoms with Crippen molar-refractivity contribution in [2.75, 3.05) is 0 Å². The number of benzene rings is 1. The molecule has 2 rings (SSSR count). The number of hydrogen-bond donors (Lipinski definition) is 2. The molecule has 2 N–H and O–H groups in total. The minimum Gasteiger partial charge on any atom is -0.506 e. The Hall–Kier alpha value is -2.97. The van der Waals surface area contributed by atoms with Crippen molar-refractivity contribution in [1.82, 2.24) is 9.78 Å². The summed E-state index contributed by atoms with van der Waals surface area (Å²) in [5.74, 6) is -0.251. The maximum Gasteiger partial charge on any atom is 0.294 e. The lowest BCUT2D eigenvalue weighted by molar-refractivity contribution is -0.384. The molecule has 1 aromatic carbocycles. The number of aromatic amines is 1. The third kappa shape index (κ3) is 3.03. The molecule has 0 aliphatic rings. The van der Waals surface area contributed by atoms with Gasteiger partial charge in [-0.25, -0.2) is 0 Å². The largest absolute Gasteiger partial charge is 0.506 e. The van der Waals surface area contributed by atoms with Gasteiger partial charge in [-0.1, -0.05) is 13.3 Å². The number of hydrogen-bond acceptors (Lipinski definition) is 6. The fraction of sp³-hybridized carbons (Fsp3) is 0.308. The molecule has 0 spiro atoms. The van der Waals surface area contributed by atoms with Crippen molar-refractivity contribution in [2.45, 2.75) is 19.8 Å². The second-order valence-corrected chi connectivity index (χ2v) is 4.68. The molecule has 2 aromatic rings. The van der Waals surface area contributed by atoms with Crippen LogP contribution >= 0.6 is 0 Å². The van der Waals surface area contributed by atoms with Gasteiger partial charge in [-0.2, -0.15) is 0 Å². The minimum atomic E-state index is -0.601. The van der Waals surface area contributed by atoms with E-state index >= 15 is 0 Å². The normalized spacial score (nSPS) is 11.2. The van der Waals surface area contributed by atoms with E-state index in [2.05, 4.69) is 15.3 Å². The number of non-ortho nitro benzene ring substituents is 1. The van der Waals surface area contributed by atoms with Gasteiger partial charge in [0.25, 0.3) is 11.2 Å². The highest BCUT2D eigenvalue weighted by atomic mass is 16.6. The van der Waals surface area contributed by atoms with Crippen LogP contribution in [0.5, 0.6) is 5.75 Å².